The minimum absolute atomic E-state index is 0.000857. The van der Waals surface area contributed by atoms with E-state index in [2.05, 4.69) is 156 Å². The predicted molar refractivity (Wildman–Crippen MR) is 308 cm³/mol. The molecule has 0 aliphatic heterocycles. The van der Waals surface area contributed by atoms with Crippen molar-refractivity contribution in [3.63, 3.8) is 0 Å². The van der Waals surface area contributed by atoms with Crippen LogP contribution in [0.5, 0.6) is 5.75 Å². The van der Waals surface area contributed by atoms with Gasteiger partial charge in [0, 0.05) is 17.3 Å². The zero-order valence-electron chi connectivity index (χ0n) is 45.2. The molecule has 0 N–H and O–H groups in total. The van der Waals surface area contributed by atoms with E-state index in [9.17, 15) is 0 Å². The third kappa shape index (κ3) is 14.1. The van der Waals surface area contributed by atoms with E-state index in [1.165, 1.54) is 209 Å². The first-order valence-electron chi connectivity index (χ1n) is 28.9. The summed E-state index contributed by atoms with van der Waals surface area (Å²) in [6, 6.07) is 39.0. The van der Waals surface area contributed by atoms with E-state index in [0.717, 1.165) is 35.8 Å². The highest BCUT2D eigenvalue weighted by molar-refractivity contribution is 6.25. The minimum atomic E-state index is -0.000857. The summed E-state index contributed by atoms with van der Waals surface area (Å²) < 4.78 is 10.1. The number of unbranched alkanes of at least 4 members (excludes halogenated alkanes) is 16. The second-order valence-electron chi connectivity index (χ2n) is 22.4. The number of benzene rings is 6. The third-order valence-corrected chi connectivity index (χ3v) is 15.7. The summed E-state index contributed by atoms with van der Waals surface area (Å²) in [5, 5.41) is 7.61. The van der Waals surface area contributed by atoms with Gasteiger partial charge in [0.2, 0.25) is 0 Å². The molecule has 0 radical (unpaired) electrons. The fourth-order valence-electron chi connectivity index (χ4n) is 11.4. The summed E-state index contributed by atoms with van der Waals surface area (Å²) in [7, 11) is 0. The Labute approximate surface area is 425 Å². The number of imidazole rings is 1. The number of nitrogens with zero attached hydrogens (tertiary/aromatic N) is 2. The molecule has 7 rings (SSSR count). The largest absolute Gasteiger partial charge is 0.493 e. The fraction of sp³-hybridized carbons (Fsp3) is 0.537. The number of aromatic nitrogens is 2. The van der Waals surface area contributed by atoms with Crippen LogP contribution in [0.3, 0.4) is 0 Å². The number of hydrogen-bond acceptors (Lipinski definition) is 2. The van der Waals surface area contributed by atoms with Gasteiger partial charge < -0.3 is 9.30 Å². The Morgan fingerprint density at radius 3 is 1.64 bits per heavy atom. The Balaban J connectivity index is 1.44. The Morgan fingerprint density at radius 1 is 0.471 bits per heavy atom. The Morgan fingerprint density at radius 2 is 1.01 bits per heavy atom. The molecular weight excluding hydrogens is 849 g/mol. The van der Waals surface area contributed by atoms with Crippen LogP contribution in [0.1, 0.15) is 208 Å². The third-order valence-electron chi connectivity index (χ3n) is 15.7. The van der Waals surface area contributed by atoms with Crippen LogP contribution in [0, 0.1) is 11.8 Å². The summed E-state index contributed by atoms with van der Waals surface area (Å²) >= 11 is 0. The van der Waals surface area contributed by atoms with Crippen molar-refractivity contribution in [2.75, 3.05) is 6.61 Å². The van der Waals surface area contributed by atoms with Crippen LogP contribution < -0.4 is 4.74 Å². The lowest BCUT2D eigenvalue weighted by molar-refractivity contribution is 0.225. The van der Waals surface area contributed by atoms with Crippen LogP contribution in [0.2, 0.25) is 0 Å². The molecule has 2 unspecified atom stereocenters. The molecule has 70 heavy (non-hydrogen) atoms. The second kappa shape index (κ2) is 27.3. The monoisotopic (exact) mass is 941 g/mol. The normalized spacial score (nSPS) is 13.0. The molecule has 1 aromatic heterocycles. The average Bonchev–Trinajstić information content (AvgIpc) is 3.75. The lowest BCUT2D eigenvalue weighted by atomic mass is 9.85. The number of ether oxygens (including phenoxy) is 1. The Hall–Kier alpha value is -4.63. The summed E-state index contributed by atoms with van der Waals surface area (Å²) in [6.07, 6.45) is 31.3. The van der Waals surface area contributed by atoms with E-state index >= 15 is 0 Å². The fourth-order valence-corrected chi connectivity index (χ4v) is 11.4. The molecule has 3 nitrogen and oxygen atoms in total. The van der Waals surface area contributed by atoms with Gasteiger partial charge in [0.1, 0.15) is 11.6 Å². The van der Waals surface area contributed by atoms with Gasteiger partial charge in [-0.1, -0.05) is 262 Å². The van der Waals surface area contributed by atoms with Gasteiger partial charge in [-0.3, -0.25) is 0 Å². The molecule has 3 heteroatoms. The maximum absolute atomic E-state index is 7.34. The van der Waals surface area contributed by atoms with E-state index < -0.39 is 0 Å². The Bertz CT molecular complexity index is 2650. The molecular formula is C67H92N2O. The molecule has 0 saturated heterocycles. The van der Waals surface area contributed by atoms with Crippen LogP contribution in [-0.2, 0) is 12.0 Å². The van der Waals surface area contributed by atoms with Gasteiger partial charge in [-0.15, -0.1) is 0 Å². The minimum Gasteiger partial charge on any atom is -0.493 e. The maximum Gasteiger partial charge on any atom is 0.145 e. The first-order chi connectivity index (χ1) is 34.2. The van der Waals surface area contributed by atoms with Crippen LogP contribution in [0.4, 0.5) is 0 Å². The van der Waals surface area contributed by atoms with Gasteiger partial charge in [-0.05, 0) is 99.4 Å². The summed E-state index contributed by atoms with van der Waals surface area (Å²) in [5.41, 5.74) is 7.39. The molecule has 0 aliphatic rings. The van der Waals surface area contributed by atoms with Crippen LogP contribution in [0.25, 0.3) is 65.9 Å². The zero-order valence-corrected chi connectivity index (χ0v) is 45.2. The van der Waals surface area contributed by atoms with Crippen LogP contribution in [0.15, 0.2) is 103 Å². The van der Waals surface area contributed by atoms with Gasteiger partial charge in [-0.25, -0.2) is 4.98 Å². The van der Waals surface area contributed by atoms with Crippen molar-refractivity contribution in [1.82, 2.24) is 9.55 Å². The number of fused-ring (bicyclic) bond motifs is 7. The predicted octanol–water partition coefficient (Wildman–Crippen LogP) is 21.2. The smallest absolute Gasteiger partial charge is 0.145 e. The van der Waals surface area contributed by atoms with Gasteiger partial charge in [-0.2, -0.15) is 0 Å². The van der Waals surface area contributed by atoms with Crippen LogP contribution in [-0.4, -0.2) is 16.2 Å². The molecule has 0 aliphatic carbocycles. The molecule has 0 saturated carbocycles. The van der Waals surface area contributed by atoms with Crippen molar-refractivity contribution < 1.29 is 4.74 Å². The highest BCUT2D eigenvalue weighted by Crippen LogP contribution is 2.45. The van der Waals surface area contributed by atoms with Gasteiger partial charge in [0.05, 0.1) is 23.2 Å². The van der Waals surface area contributed by atoms with Gasteiger partial charge >= 0.3 is 0 Å². The highest BCUT2D eigenvalue weighted by Gasteiger charge is 2.27. The average molecular weight is 941 g/mol. The lowest BCUT2D eigenvalue weighted by Gasteiger charge is -2.24. The van der Waals surface area contributed by atoms with E-state index in [1.54, 1.807) is 0 Å². The van der Waals surface area contributed by atoms with Crippen molar-refractivity contribution in [2.24, 2.45) is 11.8 Å². The first-order valence-corrected chi connectivity index (χ1v) is 28.9. The summed E-state index contributed by atoms with van der Waals surface area (Å²) in [4.78, 5) is 6.06. The van der Waals surface area contributed by atoms with Crippen LogP contribution >= 0.6 is 0 Å². The first kappa shape index (κ1) is 53.2. The summed E-state index contributed by atoms with van der Waals surface area (Å²) in [5.74, 6) is 3.15. The summed E-state index contributed by atoms with van der Waals surface area (Å²) in [6.45, 7) is 18.1. The molecule has 376 valence electrons. The van der Waals surface area contributed by atoms with Gasteiger partial charge in [0.15, 0.2) is 0 Å². The van der Waals surface area contributed by atoms with Crippen molar-refractivity contribution in [2.45, 2.75) is 215 Å². The number of hydrogen-bond donors (Lipinski definition) is 0. The van der Waals surface area contributed by atoms with E-state index in [1.807, 2.05) is 0 Å². The van der Waals surface area contributed by atoms with E-state index in [4.69, 9.17) is 9.72 Å². The van der Waals surface area contributed by atoms with Gasteiger partial charge in [0.25, 0.3) is 0 Å². The zero-order chi connectivity index (χ0) is 49.1. The van der Waals surface area contributed by atoms with Crippen molar-refractivity contribution in [3.8, 4) is 28.3 Å². The topological polar surface area (TPSA) is 27.1 Å². The molecule has 0 spiro atoms. The van der Waals surface area contributed by atoms with E-state index in [-0.39, 0.29) is 5.41 Å². The molecule has 0 bridgehead atoms. The standard InChI is InChI=1S/C67H92N2O/c1-8-12-16-20-22-27-34-51(33-25-18-14-10-3)49-69-65-61-48-56(67(5,6)7)43-45-59(61)58-44-41-55(53-37-29-24-30-38-53)47-60(58)64(65)68-66(69)63-57-40-32-31-39-54(57)42-46-62(63)70-50-52(35-26-19-15-11-4)36-28-23-21-17-13-9-2/h24,29-32,37-48,51-52H,8-23,25-28,33-36,49-50H2,1-7H3. The lowest BCUT2D eigenvalue weighted by Crippen LogP contribution is -2.15. The molecule has 7 aromatic rings. The molecule has 2 atom stereocenters. The SMILES string of the molecule is CCCCCCCCC(CCCCCC)COc1ccc2ccccc2c1-c1nc2c3cc(-c4ccccc4)ccc3c3ccc(C(C)(C)C)cc3c2n1CC(CCCCCC)CCCCCCCC. The number of rotatable bonds is 31. The molecule has 6 aromatic carbocycles. The molecule has 0 amide bonds. The maximum atomic E-state index is 7.34. The Kier molecular flexibility index (Phi) is 20.7. The van der Waals surface area contributed by atoms with Crippen molar-refractivity contribution in [1.29, 1.82) is 0 Å². The quantitative estimate of drug-likeness (QED) is 0.0320. The van der Waals surface area contributed by atoms with Crippen molar-refractivity contribution >= 4 is 43.4 Å². The van der Waals surface area contributed by atoms with Crippen molar-refractivity contribution in [3.05, 3.63) is 109 Å². The molecule has 0 fully saturated rings. The molecule has 1 heterocycles. The second-order valence-corrected chi connectivity index (χ2v) is 22.4. The van der Waals surface area contributed by atoms with E-state index in [0.29, 0.717) is 11.8 Å². The highest BCUT2D eigenvalue weighted by atomic mass is 16.5.